The van der Waals surface area contributed by atoms with Gasteiger partial charge in [0.2, 0.25) is 0 Å². The molecule has 1 saturated carbocycles. The van der Waals surface area contributed by atoms with Gasteiger partial charge < -0.3 is 10.4 Å². The van der Waals surface area contributed by atoms with Crippen LogP contribution in [0.5, 0.6) is 0 Å². The molecule has 19 heavy (non-hydrogen) atoms. The average Bonchev–Trinajstić information content (AvgIpc) is 3.18. The van der Waals surface area contributed by atoms with Crippen LogP contribution in [0.1, 0.15) is 29.6 Å². The second-order valence-electron chi connectivity index (χ2n) is 4.78. The summed E-state index contributed by atoms with van der Waals surface area (Å²) in [5.74, 6) is -1.11. The zero-order chi connectivity index (χ0) is 13.8. The van der Waals surface area contributed by atoms with Gasteiger partial charge in [-0.1, -0.05) is 12.8 Å². The van der Waals surface area contributed by atoms with E-state index < -0.39 is 11.9 Å². The van der Waals surface area contributed by atoms with E-state index >= 15 is 0 Å². The summed E-state index contributed by atoms with van der Waals surface area (Å²) in [5, 5.41) is 11.8. The number of aromatic nitrogens is 1. The summed E-state index contributed by atoms with van der Waals surface area (Å²) >= 11 is 3.24. The highest BCUT2D eigenvalue weighted by atomic mass is 79.9. The van der Waals surface area contributed by atoms with E-state index in [0.717, 1.165) is 12.8 Å². The second-order valence-corrected chi connectivity index (χ2v) is 5.63. The van der Waals surface area contributed by atoms with Gasteiger partial charge in [0.05, 0.1) is 11.5 Å². The van der Waals surface area contributed by atoms with Crippen LogP contribution < -0.4 is 5.32 Å². The van der Waals surface area contributed by atoms with Crippen molar-refractivity contribution in [1.82, 2.24) is 10.3 Å². The minimum absolute atomic E-state index is 0.166. The second kappa shape index (κ2) is 6.14. The first-order valence-electron chi connectivity index (χ1n) is 6.18. The molecule has 6 heteroatoms. The zero-order valence-electron chi connectivity index (χ0n) is 10.3. The predicted molar refractivity (Wildman–Crippen MR) is 72.7 cm³/mol. The van der Waals surface area contributed by atoms with Crippen molar-refractivity contribution in [3.63, 3.8) is 0 Å². The van der Waals surface area contributed by atoms with Crippen LogP contribution in [0, 0.1) is 11.8 Å². The van der Waals surface area contributed by atoms with Crippen LogP contribution in [0.4, 0.5) is 0 Å². The Morgan fingerprint density at radius 3 is 2.84 bits per heavy atom. The first-order valence-corrected chi connectivity index (χ1v) is 6.97. The largest absolute Gasteiger partial charge is 0.481 e. The molecule has 0 aliphatic heterocycles. The summed E-state index contributed by atoms with van der Waals surface area (Å²) < 4.78 is 0.599. The van der Waals surface area contributed by atoms with Crippen molar-refractivity contribution in [2.45, 2.75) is 19.3 Å². The van der Waals surface area contributed by atoms with E-state index in [1.54, 1.807) is 6.07 Å². The third kappa shape index (κ3) is 4.02. The number of nitrogens with one attached hydrogen (secondary N) is 1. The fourth-order valence-corrected chi connectivity index (χ4v) is 2.33. The molecule has 0 spiro atoms. The quantitative estimate of drug-likeness (QED) is 0.838. The fraction of sp³-hybridized carbons (Fsp3) is 0.462. The number of pyridine rings is 1. The molecule has 2 N–H and O–H groups in total. The molecule has 0 aromatic carbocycles. The highest BCUT2D eigenvalue weighted by molar-refractivity contribution is 9.10. The minimum Gasteiger partial charge on any atom is -0.481 e. The van der Waals surface area contributed by atoms with E-state index in [9.17, 15) is 9.59 Å². The number of carboxylic acid groups (broad SMARTS) is 1. The van der Waals surface area contributed by atoms with Crippen molar-refractivity contribution in [2.24, 2.45) is 11.8 Å². The van der Waals surface area contributed by atoms with Crippen LogP contribution in [0.3, 0.4) is 0 Å². The highest BCUT2D eigenvalue weighted by Crippen LogP contribution is 2.35. The molecule has 0 saturated heterocycles. The molecule has 1 aliphatic rings. The Kier molecular flexibility index (Phi) is 4.52. The summed E-state index contributed by atoms with van der Waals surface area (Å²) in [7, 11) is 0. The van der Waals surface area contributed by atoms with Crippen molar-refractivity contribution in [1.29, 1.82) is 0 Å². The molecular weight excluding hydrogens is 312 g/mol. The monoisotopic (exact) mass is 326 g/mol. The molecule has 5 nitrogen and oxygen atoms in total. The minimum atomic E-state index is -0.846. The van der Waals surface area contributed by atoms with Gasteiger partial charge in [-0.15, -0.1) is 0 Å². The van der Waals surface area contributed by atoms with Crippen molar-refractivity contribution in [3.05, 3.63) is 28.5 Å². The lowest BCUT2D eigenvalue weighted by molar-refractivity contribution is -0.141. The van der Waals surface area contributed by atoms with Crippen LogP contribution >= 0.6 is 15.9 Å². The Bertz CT molecular complexity index is 489. The first kappa shape index (κ1) is 14.0. The van der Waals surface area contributed by atoms with Crippen LogP contribution in [-0.2, 0) is 4.79 Å². The Labute approximate surface area is 119 Å². The predicted octanol–water partition coefficient (Wildman–Crippen LogP) is 2.07. The molecule has 1 heterocycles. The van der Waals surface area contributed by atoms with E-state index in [1.807, 2.05) is 0 Å². The first-order chi connectivity index (χ1) is 9.08. The Morgan fingerprint density at radius 2 is 2.26 bits per heavy atom. The maximum Gasteiger partial charge on any atom is 0.308 e. The van der Waals surface area contributed by atoms with E-state index in [2.05, 4.69) is 26.2 Å². The van der Waals surface area contributed by atoms with Gasteiger partial charge in [-0.05, 0) is 34.3 Å². The average molecular weight is 327 g/mol. The number of carbonyl (C=O) groups excluding carboxylic acids is 1. The zero-order valence-corrected chi connectivity index (χ0v) is 11.9. The fourth-order valence-electron chi connectivity index (χ4n) is 1.90. The number of amides is 1. The maximum absolute atomic E-state index is 11.9. The molecule has 2 rings (SSSR count). The number of rotatable bonds is 6. The third-order valence-electron chi connectivity index (χ3n) is 3.19. The number of aliphatic carboxylic acids is 1. The normalized spacial score (nSPS) is 15.8. The lowest BCUT2D eigenvalue weighted by Crippen LogP contribution is -2.33. The van der Waals surface area contributed by atoms with Crippen LogP contribution in [0.2, 0.25) is 0 Å². The topological polar surface area (TPSA) is 79.3 Å². The molecule has 1 amide bonds. The standard InChI is InChI=1S/C13H15BrN2O3/c14-11-7-15-4-3-10(11)12(17)16-6-9(13(18)19)5-8-1-2-8/h3-4,7-9H,1-2,5-6H2,(H,16,17)(H,18,19). The third-order valence-corrected chi connectivity index (χ3v) is 3.82. The molecule has 1 aromatic heterocycles. The van der Waals surface area contributed by atoms with Crippen LogP contribution in [0.15, 0.2) is 22.9 Å². The van der Waals surface area contributed by atoms with Crippen molar-refractivity contribution >= 4 is 27.8 Å². The molecule has 1 aliphatic carbocycles. The molecule has 1 aromatic rings. The van der Waals surface area contributed by atoms with Crippen LogP contribution in [0.25, 0.3) is 0 Å². The van der Waals surface area contributed by atoms with Crippen molar-refractivity contribution in [3.8, 4) is 0 Å². The van der Waals surface area contributed by atoms with E-state index in [-0.39, 0.29) is 12.5 Å². The molecule has 1 fully saturated rings. The lowest BCUT2D eigenvalue weighted by atomic mass is 10.0. The van der Waals surface area contributed by atoms with Gasteiger partial charge in [0.15, 0.2) is 0 Å². The Balaban J connectivity index is 1.91. The molecule has 0 bridgehead atoms. The van der Waals surface area contributed by atoms with Gasteiger partial charge in [0, 0.05) is 23.4 Å². The highest BCUT2D eigenvalue weighted by Gasteiger charge is 2.29. The number of nitrogens with zero attached hydrogens (tertiary/aromatic N) is 1. The van der Waals surface area contributed by atoms with Gasteiger partial charge in [0.1, 0.15) is 0 Å². The number of hydrogen-bond acceptors (Lipinski definition) is 3. The molecular formula is C13H15BrN2O3. The summed E-state index contributed by atoms with van der Waals surface area (Å²) in [4.78, 5) is 26.9. The number of carbonyl (C=O) groups is 2. The number of hydrogen-bond donors (Lipinski definition) is 2. The van der Waals surface area contributed by atoms with Gasteiger partial charge >= 0.3 is 5.97 Å². The van der Waals surface area contributed by atoms with Gasteiger partial charge in [-0.3, -0.25) is 14.6 Å². The Hall–Kier alpha value is -1.43. The maximum atomic E-state index is 11.9. The lowest BCUT2D eigenvalue weighted by Gasteiger charge is -2.13. The molecule has 102 valence electrons. The molecule has 0 radical (unpaired) electrons. The van der Waals surface area contributed by atoms with Crippen LogP contribution in [-0.4, -0.2) is 28.5 Å². The SMILES string of the molecule is O=C(NCC(CC1CC1)C(=O)O)c1ccncc1Br. The van der Waals surface area contributed by atoms with Crippen molar-refractivity contribution in [2.75, 3.05) is 6.54 Å². The number of carboxylic acids is 1. The van der Waals surface area contributed by atoms with E-state index in [4.69, 9.17) is 5.11 Å². The summed E-state index contributed by atoms with van der Waals surface area (Å²) in [5.41, 5.74) is 0.463. The smallest absolute Gasteiger partial charge is 0.308 e. The molecule has 1 atom stereocenters. The summed E-state index contributed by atoms with van der Waals surface area (Å²) in [6, 6.07) is 1.59. The van der Waals surface area contributed by atoms with Gasteiger partial charge in [-0.2, -0.15) is 0 Å². The van der Waals surface area contributed by atoms with Crippen molar-refractivity contribution < 1.29 is 14.7 Å². The summed E-state index contributed by atoms with van der Waals surface area (Å²) in [6.45, 7) is 0.166. The van der Waals surface area contributed by atoms with Gasteiger partial charge in [0.25, 0.3) is 5.91 Å². The molecule has 1 unspecified atom stereocenters. The van der Waals surface area contributed by atoms with Gasteiger partial charge in [-0.25, -0.2) is 0 Å². The summed E-state index contributed by atoms with van der Waals surface area (Å²) in [6.07, 6.45) is 5.92. The van der Waals surface area contributed by atoms with E-state index in [1.165, 1.54) is 12.4 Å². The van der Waals surface area contributed by atoms with E-state index in [0.29, 0.717) is 22.4 Å². The Morgan fingerprint density at radius 1 is 1.53 bits per heavy atom. The number of halogens is 1.